The van der Waals surface area contributed by atoms with Gasteiger partial charge < -0.3 is 24.9 Å². The van der Waals surface area contributed by atoms with E-state index in [1.54, 1.807) is 26.4 Å². The van der Waals surface area contributed by atoms with Crippen molar-refractivity contribution in [1.82, 2.24) is 15.1 Å². The number of carbonyl (C=O) groups is 1. The molecule has 0 unspecified atom stereocenters. The van der Waals surface area contributed by atoms with Gasteiger partial charge in [0.2, 0.25) is 5.91 Å². The molecule has 0 bridgehead atoms. The highest BCUT2D eigenvalue weighted by molar-refractivity contribution is 5.75. The van der Waals surface area contributed by atoms with Gasteiger partial charge in [-0.05, 0) is 42.3 Å². The number of anilines is 1. The highest BCUT2D eigenvalue weighted by Crippen LogP contribution is 2.27. The Morgan fingerprint density at radius 3 is 2.69 bits per heavy atom. The molecule has 0 radical (unpaired) electrons. The minimum atomic E-state index is -0.532. The van der Waals surface area contributed by atoms with Gasteiger partial charge in [0.25, 0.3) is 5.56 Å². The van der Waals surface area contributed by atoms with Gasteiger partial charge in [0.1, 0.15) is 17.9 Å². The van der Waals surface area contributed by atoms with Gasteiger partial charge in [-0.2, -0.15) is 5.10 Å². The van der Waals surface area contributed by atoms with Gasteiger partial charge >= 0.3 is 0 Å². The van der Waals surface area contributed by atoms with Crippen LogP contribution in [0.5, 0.6) is 11.5 Å². The number of benzene rings is 1. The van der Waals surface area contributed by atoms with Crippen LogP contribution < -0.4 is 26.1 Å². The Balaban J connectivity index is 1.62. The van der Waals surface area contributed by atoms with E-state index in [1.807, 2.05) is 18.2 Å². The summed E-state index contributed by atoms with van der Waals surface area (Å²) in [7, 11) is 3.14. The first kappa shape index (κ1) is 20.0. The van der Waals surface area contributed by atoms with Gasteiger partial charge in [-0.1, -0.05) is 6.07 Å². The van der Waals surface area contributed by atoms with Gasteiger partial charge in [0.15, 0.2) is 17.3 Å². The lowest BCUT2D eigenvalue weighted by atomic mass is 10.1. The van der Waals surface area contributed by atoms with Crippen LogP contribution in [0.3, 0.4) is 0 Å². The van der Waals surface area contributed by atoms with Crippen molar-refractivity contribution in [2.24, 2.45) is 0 Å². The molecule has 0 aliphatic heterocycles. The highest BCUT2D eigenvalue weighted by atomic mass is 16.5. The number of ether oxygens (including phenoxy) is 2. The Hall–Kier alpha value is -3.75. The van der Waals surface area contributed by atoms with Crippen LogP contribution in [-0.4, -0.2) is 36.5 Å². The second-order valence-electron chi connectivity index (χ2n) is 6.21. The van der Waals surface area contributed by atoms with Crippen LogP contribution in [0.15, 0.2) is 51.9 Å². The van der Waals surface area contributed by atoms with E-state index < -0.39 is 5.56 Å². The van der Waals surface area contributed by atoms with Gasteiger partial charge in [0, 0.05) is 6.54 Å². The van der Waals surface area contributed by atoms with E-state index in [-0.39, 0.29) is 18.1 Å². The van der Waals surface area contributed by atoms with Crippen molar-refractivity contribution >= 4 is 11.6 Å². The van der Waals surface area contributed by atoms with Crippen LogP contribution in [0.4, 0.5) is 5.69 Å². The first-order valence-electron chi connectivity index (χ1n) is 8.91. The largest absolute Gasteiger partial charge is 0.493 e. The lowest BCUT2D eigenvalue weighted by molar-refractivity contribution is -0.121. The molecule has 0 saturated carbocycles. The molecule has 9 heteroatoms. The standard InChI is InChI=1S/C20H22N4O5/c1-27-17-6-5-13(10-18(17)28-2)7-8-22-19(25)12-24-20(26)14(21)11-15(23-24)16-4-3-9-29-16/h3-6,9-11H,7-8,12,21H2,1-2H3,(H,22,25). The van der Waals surface area contributed by atoms with Gasteiger partial charge in [-0.15, -0.1) is 0 Å². The van der Waals surface area contributed by atoms with E-state index in [0.717, 1.165) is 10.2 Å². The summed E-state index contributed by atoms with van der Waals surface area (Å²) >= 11 is 0. The van der Waals surface area contributed by atoms with Gasteiger partial charge in [-0.3, -0.25) is 9.59 Å². The summed E-state index contributed by atoms with van der Waals surface area (Å²) < 4.78 is 16.8. The molecular formula is C20H22N4O5. The quantitative estimate of drug-likeness (QED) is 0.589. The molecule has 1 aromatic carbocycles. The number of nitrogens with one attached hydrogen (secondary N) is 1. The van der Waals surface area contributed by atoms with E-state index in [2.05, 4.69) is 10.4 Å². The lowest BCUT2D eigenvalue weighted by Gasteiger charge is -2.11. The molecule has 2 heterocycles. The number of nitrogens with zero attached hydrogens (tertiary/aromatic N) is 2. The molecule has 0 aliphatic rings. The minimum absolute atomic E-state index is 0.00970. The number of rotatable bonds is 8. The number of methoxy groups -OCH3 is 2. The van der Waals surface area contributed by atoms with Crippen LogP contribution in [0.25, 0.3) is 11.5 Å². The van der Waals surface area contributed by atoms with E-state index in [0.29, 0.717) is 35.9 Å². The fraction of sp³-hybridized carbons (Fsp3) is 0.250. The predicted octanol–water partition coefficient (Wildman–Crippen LogP) is 1.46. The summed E-state index contributed by atoms with van der Waals surface area (Å²) in [6.45, 7) is 0.139. The normalized spacial score (nSPS) is 10.6. The third kappa shape index (κ3) is 4.75. The Morgan fingerprint density at radius 2 is 2.00 bits per heavy atom. The zero-order valence-electron chi connectivity index (χ0n) is 16.2. The molecule has 0 saturated heterocycles. The van der Waals surface area contributed by atoms with Gasteiger partial charge in [0.05, 0.1) is 20.5 Å². The van der Waals surface area contributed by atoms with Crippen molar-refractivity contribution in [1.29, 1.82) is 0 Å². The molecule has 152 valence electrons. The maximum absolute atomic E-state index is 12.3. The molecule has 3 aromatic rings. The Kier molecular flexibility index (Phi) is 6.18. The van der Waals surface area contributed by atoms with E-state index in [1.165, 1.54) is 12.3 Å². The molecule has 1 amide bonds. The van der Waals surface area contributed by atoms with E-state index >= 15 is 0 Å². The third-order valence-corrected chi connectivity index (χ3v) is 4.25. The van der Waals surface area contributed by atoms with Crippen molar-refractivity contribution in [3.05, 3.63) is 58.6 Å². The van der Waals surface area contributed by atoms with Crippen LogP contribution >= 0.6 is 0 Å². The molecule has 29 heavy (non-hydrogen) atoms. The SMILES string of the molecule is COc1ccc(CCNC(=O)Cn2nc(-c3ccco3)cc(N)c2=O)cc1OC. The van der Waals surface area contributed by atoms with Crippen LogP contribution in [0.2, 0.25) is 0 Å². The monoisotopic (exact) mass is 398 g/mol. The molecular weight excluding hydrogens is 376 g/mol. The number of carbonyl (C=O) groups excluding carboxylic acids is 1. The van der Waals surface area contributed by atoms with Crippen molar-refractivity contribution in [2.75, 3.05) is 26.5 Å². The molecule has 3 N–H and O–H groups in total. The zero-order valence-corrected chi connectivity index (χ0v) is 16.2. The minimum Gasteiger partial charge on any atom is -0.493 e. The van der Waals surface area contributed by atoms with Crippen LogP contribution in [0.1, 0.15) is 5.56 Å². The second kappa shape index (κ2) is 8.96. The second-order valence-corrected chi connectivity index (χ2v) is 6.21. The number of hydrogen-bond acceptors (Lipinski definition) is 7. The first-order valence-corrected chi connectivity index (χ1v) is 8.91. The van der Waals surface area contributed by atoms with Crippen LogP contribution in [0, 0.1) is 0 Å². The highest BCUT2D eigenvalue weighted by Gasteiger charge is 2.12. The molecule has 0 aliphatic carbocycles. The Morgan fingerprint density at radius 1 is 1.21 bits per heavy atom. The first-order chi connectivity index (χ1) is 14.0. The fourth-order valence-electron chi connectivity index (χ4n) is 2.79. The third-order valence-electron chi connectivity index (χ3n) is 4.25. The molecule has 0 spiro atoms. The molecule has 9 nitrogen and oxygen atoms in total. The molecule has 0 atom stereocenters. The zero-order chi connectivity index (χ0) is 20.8. The van der Waals surface area contributed by atoms with Crippen LogP contribution in [-0.2, 0) is 17.8 Å². The summed E-state index contributed by atoms with van der Waals surface area (Å²) in [5, 5.41) is 6.93. The number of hydrogen-bond donors (Lipinski definition) is 2. The number of nitrogen functional groups attached to an aromatic ring is 1. The van der Waals surface area contributed by atoms with Gasteiger partial charge in [-0.25, -0.2) is 4.68 Å². The van der Waals surface area contributed by atoms with Crippen molar-refractivity contribution in [2.45, 2.75) is 13.0 Å². The van der Waals surface area contributed by atoms with Crippen molar-refractivity contribution in [3.8, 4) is 23.0 Å². The summed E-state index contributed by atoms with van der Waals surface area (Å²) in [6, 6.07) is 10.4. The predicted molar refractivity (Wildman–Crippen MR) is 107 cm³/mol. The van der Waals surface area contributed by atoms with Crippen molar-refractivity contribution < 1.29 is 18.7 Å². The maximum Gasteiger partial charge on any atom is 0.290 e. The Labute approximate surface area is 167 Å². The molecule has 0 fully saturated rings. The number of nitrogens with two attached hydrogens (primary N) is 1. The summed E-state index contributed by atoms with van der Waals surface area (Å²) in [6.07, 6.45) is 2.08. The molecule has 2 aromatic heterocycles. The van der Waals surface area contributed by atoms with Crippen molar-refractivity contribution in [3.63, 3.8) is 0 Å². The number of furan rings is 1. The maximum atomic E-state index is 12.3. The number of amides is 1. The summed E-state index contributed by atoms with van der Waals surface area (Å²) in [5.41, 5.74) is 6.57. The number of aromatic nitrogens is 2. The summed E-state index contributed by atoms with van der Waals surface area (Å²) in [5.74, 6) is 1.37. The molecule has 3 rings (SSSR count). The average molecular weight is 398 g/mol. The van der Waals surface area contributed by atoms with E-state index in [4.69, 9.17) is 19.6 Å². The smallest absolute Gasteiger partial charge is 0.290 e. The summed E-state index contributed by atoms with van der Waals surface area (Å²) in [4.78, 5) is 24.5. The topological polar surface area (TPSA) is 122 Å². The average Bonchev–Trinajstić information content (AvgIpc) is 3.26. The Bertz CT molecular complexity index is 1040. The fourth-order valence-corrected chi connectivity index (χ4v) is 2.79. The lowest BCUT2D eigenvalue weighted by Crippen LogP contribution is -2.35. The van der Waals surface area contributed by atoms with E-state index in [9.17, 15) is 9.59 Å².